The van der Waals surface area contributed by atoms with Crippen LogP contribution in [0.25, 0.3) is 0 Å². The van der Waals surface area contributed by atoms with Gasteiger partial charge in [-0.15, -0.1) is 0 Å². The Labute approximate surface area is 188 Å². The molecule has 31 heavy (non-hydrogen) atoms. The molecule has 0 saturated heterocycles. The number of para-hydroxylation sites is 1. The lowest BCUT2D eigenvalue weighted by Crippen LogP contribution is -2.50. The van der Waals surface area contributed by atoms with Gasteiger partial charge in [0, 0.05) is 21.6 Å². The second-order valence-corrected chi connectivity index (χ2v) is 7.94. The highest BCUT2D eigenvalue weighted by atomic mass is 79.9. The normalized spacial score (nSPS) is 12.6. The zero-order valence-electron chi connectivity index (χ0n) is 15.6. The Morgan fingerprint density at radius 2 is 1.48 bits per heavy atom. The summed E-state index contributed by atoms with van der Waals surface area (Å²) in [5, 5.41) is 0. The van der Waals surface area contributed by atoms with Gasteiger partial charge < -0.3 is 15.4 Å². The zero-order valence-corrected chi connectivity index (χ0v) is 18.8. The van der Waals surface area contributed by atoms with E-state index >= 15 is 0 Å². The summed E-state index contributed by atoms with van der Waals surface area (Å²) in [4.78, 5) is 13.8. The van der Waals surface area contributed by atoms with Crippen LogP contribution in [0.5, 0.6) is 5.75 Å². The number of halogens is 9. The number of anilines is 2. The predicted octanol–water partition coefficient (Wildman–Crippen LogP) is 6.37. The van der Waals surface area contributed by atoms with Gasteiger partial charge in [0.15, 0.2) is 5.75 Å². The van der Waals surface area contributed by atoms with Crippen LogP contribution in [0.4, 0.5) is 42.1 Å². The highest BCUT2D eigenvalue weighted by Gasteiger charge is 2.73. The fourth-order valence-electron chi connectivity index (χ4n) is 2.81. The van der Waals surface area contributed by atoms with E-state index in [0.29, 0.717) is 12.1 Å². The number of carbonyl (C=O) groups excluding carboxylic acids is 1. The van der Waals surface area contributed by atoms with Crippen LogP contribution in [0.1, 0.15) is 15.9 Å². The summed E-state index contributed by atoms with van der Waals surface area (Å²) >= 11 is 5.67. The molecule has 2 rings (SSSR count). The lowest BCUT2D eigenvalue weighted by molar-refractivity contribution is -0.348. The van der Waals surface area contributed by atoms with Crippen molar-refractivity contribution in [2.24, 2.45) is 0 Å². The molecule has 0 aliphatic heterocycles. The monoisotopic (exact) mass is 580 g/mol. The van der Waals surface area contributed by atoms with E-state index in [1.807, 2.05) is 0 Å². The van der Waals surface area contributed by atoms with E-state index in [1.54, 1.807) is 0 Å². The lowest BCUT2D eigenvalue weighted by atomic mass is 9.94. The second kappa shape index (κ2) is 8.49. The van der Waals surface area contributed by atoms with Crippen LogP contribution < -0.4 is 15.4 Å². The number of rotatable bonds is 4. The number of nitrogen functional groups attached to an aromatic ring is 1. The van der Waals surface area contributed by atoms with E-state index < -0.39 is 38.4 Å². The molecular formula is C18H13Br2F7N2O2. The summed E-state index contributed by atoms with van der Waals surface area (Å²) in [5.74, 6) is -0.711. The predicted molar refractivity (Wildman–Crippen MR) is 107 cm³/mol. The van der Waals surface area contributed by atoms with E-state index in [9.17, 15) is 35.5 Å². The standard InChI is InChI=1S/C18H13Br2F7N2O2/c1-29(15(30)9-4-3-5-12(28)14(9)31-2)13-10(19)6-8(7-11(13)20)16(21,17(22,23)24)18(25,26)27/h3-7H,28H2,1-2H3. The van der Waals surface area contributed by atoms with Crippen molar-refractivity contribution in [2.75, 3.05) is 24.8 Å². The van der Waals surface area contributed by atoms with E-state index in [2.05, 4.69) is 31.9 Å². The first-order valence-electron chi connectivity index (χ1n) is 8.10. The molecule has 0 saturated carbocycles. The topological polar surface area (TPSA) is 55.6 Å². The Kier molecular flexibility index (Phi) is 6.91. The largest absolute Gasteiger partial charge is 0.494 e. The van der Waals surface area contributed by atoms with Crippen molar-refractivity contribution in [3.05, 3.63) is 50.4 Å². The van der Waals surface area contributed by atoms with Crippen LogP contribution in [-0.4, -0.2) is 32.4 Å². The van der Waals surface area contributed by atoms with Crippen molar-refractivity contribution in [1.29, 1.82) is 0 Å². The van der Waals surface area contributed by atoms with Crippen molar-refractivity contribution in [3.63, 3.8) is 0 Å². The zero-order chi connectivity index (χ0) is 23.9. The molecule has 0 spiro atoms. The fraction of sp³-hybridized carbons (Fsp3) is 0.278. The summed E-state index contributed by atoms with van der Waals surface area (Å²) in [6.45, 7) is 0. The van der Waals surface area contributed by atoms with E-state index in [4.69, 9.17) is 10.5 Å². The third kappa shape index (κ3) is 4.34. The SMILES string of the molecule is COc1c(N)cccc1C(=O)N(C)c1c(Br)cc(C(F)(C(F)(F)F)C(F)(F)F)cc1Br. The van der Waals surface area contributed by atoms with Gasteiger partial charge >= 0.3 is 18.0 Å². The summed E-state index contributed by atoms with van der Waals surface area (Å²) in [7, 11) is 2.48. The number of hydrogen-bond donors (Lipinski definition) is 1. The molecule has 2 aromatic carbocycles. The molecule has 0 aromatic heterocycles. The molecule has 13 heteroatoms. The summed E-state index contributed by atoms with van der Waals surface area (Å²) < 4.78 is 97.1. The first-order valence-corrected chi connectivity index (χ1v) is 9.69. The summed E-state index contributed by atoms with van der Waals surface area (Å²) in [5.41, 5.74) is -1.62. The van der Waals surface area contributed by atoms with Gasteiger partial charge in [0.05, 0.1) is 24.0 Å². The third-order valence-corrected chi connectivity index (χ3v) is 5.52. The molecule has 2 N–H and O–H groups in total. The van der Waals surface area contributed by atoms with Crippen LogP contribution in [0.2, 0.25) is 0 Å². The first kappa shape index (κ1) is 25.2. The maximum Gasteiger partial charge on any atom is 0.435 e. The van der Waals surface area contributed by atoms with Gasteiger partial charge in [-0.05, 0) is 56.1 Å². The quantitative estimate of drug-likeness (QED) is 0.337. The van der Waals surface area contributed by atoms with Gasteiger partial charge in [-0.25, -0.2) is 4.39 Å². The number of nitrogens with two attached hydrogens (primary N) is 1. The van der Waals surface area contributed by atoms with Crippen LogP contribution in [0, 0.1) is 0 Å². The highest BCUT2D eigenvalue weighted by Crippen LogP contribution is 2.54. The van der Waals surface area contributed by atoms with Crippen molar-refractivity contribution in [3.8, 4) is 5.75 Å². The Morgan fingerprint density at radius 3 is 1.90 bits per heavy atom. The first-order chi connectivity index (χ1) is 14.1. The van der Waals surface area contributed by atoms with Crippen LogP contribution in [-0.2, 0) is 5.67 Å². The Balaban J connectivity index is 2.62. The van der Waals surface area contributed by atoms with Crippen LogP contribution >= 0.6 is 31.9 Å². The minimum absolute atomic E-state index is 0.0155. The molecule has 0 radical (unpaired) electrons. The maximum absolute atomic E-state index is 14.4. The number of nitrogens with zero attached hydrogens (tertiary/aromatic N) is 1. The van der Waals surface area contributed by atoms with Crippen molar-refractivity contribution < 1.29 is 40.3 Å². The molecule has 0 unspecified atom stereocenters. The van der Waals surface area contributed by atoms with E-state index in [-0.39, 0.29) is 22.7 Å². The maximum atomic E-state index is 14.4. The van der Waals surface area contributed by atoms with E-state index in [1.165, 1.54) is 32.4 Å². The van der Waals surface area contributed by atoms with Gasteiger partial charge in [0.1, 0.15) is 0 Å². The Morgan fingerprint density at radius 1 is 1.00 bits per heavy atom. The number of methoxy groups -OCH3 is 1. The molecule has 4 nitrogen and oxygen atoms in total. The van der Waals surface area contributed by atoms with Crippen molar-refractivity contribution in [1.82, 2.24) is 0 Å². The van der Waals surface area contributed by atoms with Crippen LogP contribution in [0.15, 0.2) is 39.3 Å². The van der Waals surface area contributed by atoms with Gasteiger partial charge in [0.2, 0.25) is 0 Å². The number of amides is 1. The molecule has 1 amide bonds. The summed E-state index contributed by atoms with van der Waals surface area (Å²) in [6.07, 6.45) is -12.6. The average molecular weight is 582 g/mol. The van der Waals surface area contributed by atoms with Crippen molar-refractivity contribution in [2.45, 2.75) is 18.0 Å². The van der Waals surface area contributed by atoms with Gasteiger partial charge in [0.25, 0.3) is 5.91 Å². The molecular weight excluding hydrogens is 569 g/mol. The number of alkyl halides is 7. The minimum atomic E-state index is -6.28. The average Bonchev–Trinajstić information content (AvgIpc) is 2.63. The number of ether oxygens (including phenoxy) is 1. The second-order valence-electron chi connectivity index (χ2n) is 6.23. The molecule has 2 aromatic rings. The van der Waals surface area contributed by atoms with Gasteiger partial charge in [-0.3, -0.25) is 4.79 Å². The molecule has 0 bridgehead atoms. The molecule has 0 aliphatic rings. The number of benzene rings is 2. The molecule has 0 aliphatic carbocycles. The van der Waals surface area contributed by atoms with Crippen molar-refractivity contribution >= 4 is 49.1 Å². The Bertz CT molecular complexity index is 972. The van der Waals surface area contributed by atoms with Crippen LogP contribution in [0.3, 0.4) is 0 Å². The molecule has 0 atom stereocenters. The lowest BCUT2D eigenvalue weighted by Gasteiger charge is -2.31. The van der Waals surface area contributed by atoms with Gasteiger partial charge in [-0.1, -0.05) is 6.07 Å². The minimum Gasteiger partial charge on any atom is -0.494 e. The smallest absolute Gasteiger partial charge is 0.435 e. The third-order valence-electron chi connectivity index (χ3n) is 4.32. The number of hydrogen-bond acceptors (Lipinski definition) is 3. The Hall–Kier alpha value is -2.02. The number of carbonyl (C=O) groups is 1. The fourth-order valence-corrected chi connectivity index (χ4v) is 4.52. The molecule has 170 valence electrons. The molecule has 0 heterocycles. The van der Waals surface area contributed by atoms with E-state index in [0.717, 1.165) is 4.90 Å². The van der Waals surface area contributed by atoms with Gasteiger partial charge in [-0.2, -0.15) is 26.3 Å². The summed E-state index contributed by atoms with van der Waals surface area (Å²) in [6, 6.07) is 4.93. The molecule has 0 fully saturated rings. The highest BCUT2D eigenvalue weighted by molar-refractivity contribution is 9.11.